The minimum Gasteiger partial charge on any atom is -0.379 e. The number of nitrogens with zero attached hydrogens (tertiary/aromatic N) is 1. The van der Waals surface area contributed by atoms with Gasteiger partial charge in [0.05, 0.1) is 23.3 Å². The molecule has 1 fully saturated rings. The van der Waals surface area contributed by atoms with E-state index in [1.165, 1.54) is 0 Å². The summed E-state index contributed by atoms with van der Waals surface area (Å²) in [6, 6.07) is 5.80. The average molecular weight is 275 g/mol. The summed E-state index contributed by atoms with van der Waals surface area (Å²) in [7, 11) is 0. The van der Waals surface area contributed by atoms with Crippen LogP contribution in [0, 0.1) is 0 Å². The molecular formula is C12H16Cl2N2O. The van der Waals surface area contributed by atoms with E-state index in [0.717, 1.165) is 31.9 Å². The van der Waals surface area contributed by atoms with E-state index in [1.54, 1.807) is 6.07 Å². The zero-order valence-electron chi connectivity index (χ0n) is 9.53. The molecule has 1 aromatic carbocycles. The summed E-state index contributed by atoms with van der Waals surface area (Å²) >= 11 is 12.3. The summed E-state index contributed by atoms with van der Waals surface area (Å²) < 4.78 is 5.34. The molecule has 94 valence electrons. The van der Waals surface area contributed by atoms with Crippen molar-refractivity contribution < 1.29 is 4.74 Å². The van der Waals surface area contributed by atoms with E-state index in [-0.39, 0.29) is 6.04 Å². The first-order valence-corrected chi connectivity index (χ1v) is 6.45. The summed E-state index contributed by atoms with van der Waals surface area (Å²) in [5.41, 5.74) is 6.87. The molecule has 1 aliphatic rings. The van der Waals surface area contributed by atoms with Crippen molar-refractivity contribution in [3.05, 3.63) is 33.8 Å². The molecule has 1 aliphatic heterocycles. The molecule has 0 aliphatic carbocycles. The standard InChI is InChI=1S/C12H16Cl2N2O/c13-10-3-1-2-9(12(10)14)11(8-15)16-4-6-17-7-5-16/h1-3,11H,4-8,15H2. The maximum Gasteiger partial charge on any atom is 0.0640 e. The summed E-state index contributed by atoms with van der Waals surface area (Å²) in [5.74, 6) is 0. The Morgan fingerprint density at radius 1 is 1.29 bits per heavy atom. The van der Waals surface area contributed by atoms with E-state index in [1.807, 2.05) is 12.1 Å². The Morgan fingerprint density at radius 2 is 2.00 bits per heavy atom. The van der Waals surface area contributed by atoms with E-state index in [2.05, 4.69) is 4.90 Å². The molecule has 1 atom stereocenters. The number of halogens is 2. The van der Waals surface area contributed by atoms with Crippen LogP contribution in [0.5, 0.6) is 0 Å². The minimum atomic E-state index is 0.116. The highest BCUT2D eigenvalue weighted by molar-refractivity contribution is 6.42. The second kappa shape index (κ2) is 6.03. The lowest BCUT2D eigenvalue weighted by atomic mass is 10.0. The van der Waals surface area contributed by atoms with Crippen molar-refractivity contribution in [2.45, 2.75) is 6.04 Å². The Kier molecular flexibility index (Phi) is 4.65. The van der Waals surface area contributed by atoms with Gasteiger partial charge in [-0.15, -0.1) is 0 Å². The van der Waals surface area contributed by atoms with Crippen LogP contribution in [0.3, 0.4) is 0 Å². The molecule has 1 unspecified atom stereocenters. The van der Waals surface area contributed by atoms with Gasteiger partial charge in [-0.05, 0) is 11.6 Å². The Hall–Kier alpha value is -0.320. The van der Waals surface area contributed by atoms with E-state index in [0.29, 0.717) is 16.6 Å². The van der Waals surface area contributed by atoms with Crippen LogP contribution in [-0.4, -0.2) is 37.7 Å². The van der Waals surface area contributed by atoms with E-state index in [9.17, 15) is 0 Å². The summed E-state index contributed by atoms with van der Waals surface area (Å²) in [4.78, 5) is 2.29. The number of rotatable bonds is 3. The van der Waals surface area contributed by atoms with Gasteiger partial charge in [0.15, 0.2) is 0 Å². The average Bonchev–Trinajstić information content (AvgIpc) is 2.37. The predicted octanol–water partition coefficient (Wildman–Crippen LogP) is 2.33. The largest absolute Gasteiger partial charge is 0.379 e. The van der Waals surface area contributed by atoms with Gasteiger partial charge < -0.3 is 10.5 Å². The van der Waals surface area contributed by atoms with Gasteiger partial charge in [-0.2, -0.15) is 0 Å². The van der Waals surface area contributed by atoms with E-state index in [4.69, 9.17) is 33.7 Å². The SMILES string of the molecule is NCC(c1cccc(Cl)c1Cl)N1CCOCC1. The fourth-order valence-electron chi connectivity index (χ4n) is 2.14. The Labute approximate surface area is 111 Å². The molecule has 5 heteroatoms. The minimum absolute atomic E-state index is 0.116. The van der Waals surface area contributed by atoms with Crippen molar-refractivity contribution in [2.75, 3.05) is 32.8 Å². The van der Waals surface area contributed by atoms with Crippen LogP contribution < -0.4 is 5.73 Å². The molecule has 3 nitrogen and oxygen atoms in total. The molecule has 1 aromatic rings. The number of benzene rings is 1. The third-order valence-corrected chi connectivity index (χ3v) is 3.88. The molecule has 17 heavy (non-hydrogen) atoms. The molecule has 1 heterocycles. The van der Waals surface area contributed by atoms with Crippen LogP contribution >= 0.6 is 23.2 Å². The van der Waals surface area contributed by atoms with Crippen molar-refractivity contribution in [3.8, 4) is 0 Å². The molecule has 0 spiro atoms. The fourth-order valence-corrected chi connectivity index (χ4v) is 2.57. The second-order valence-corrected chi connectivity index (χ2v) is 4.83. The van der Waals surface area contributed by atoms with Crippen LogP contribution in [0.4, 0.5) is 0 Å². The lowest BCUT2D eigenvalue weighted by Gasteiger charge is -2.34. The lowest BCUT2D eigenvalue weighted by Crippen LogP contribution is -2.41. The number of nitrogens with two attached hydrogens (primary N) is 1. The Balaban J connectivity index is 2.24. The first kappa shape index (κ1) is 13.1. The topological polar surface area (TPSA) is 38.5 Å². The monoisotopic (exact) mass is 274 g/mol. The highest BCUT2D eigenvalue weighted by atomic mass is 35.5. The molecule has 0 radical (unpaired) electrons. The fraction of sp³-hybridized carbons (Fsp3) is 0.500. The van der Waals surface area contributed by atoms with Crippen molar-refractivity contribution in [2.24, 2.45) is 5.73 Å². The molecule has 0 aromatic heterocycles. The smallest absolute Gasteiger partial charge is 0.0640 e. The maximum absolute atomic E-state index is 6.24. The number of morpholine rings is 1. The Bertz CT molecular complexity index is 381. The van der Waals surface area contributed by atoms with Crippen LogP contribution in [-0.2, 0) is 4.74 Å². The molecular weight excluding hydrogens is 259 g/mol. The lowest BCUT2D eigenvalue weighted by molar-refractivity contribution is 0.0179. The molecule has 1 saturated heterocycles. The molecule has 2 N–H and O–H groups in total. The third-order valence-electron chi connectivity index (χ3n) is 3.05. The van der Waals surface area contributed by atoms with Gasteiger partial charge in [-0.25, -0.2) is 0 Å². The van der Waals surface area contributed by atoms with Crippen LogP contribution in [0.25, 0.3) is 0 Å². The van der Waals surface area contributed by atoms with Gasteiger partial charge in [0.1, 0.15) is 0 Å². The van der Waals surface area contributed by atoms with Gasteiger partial charge in [0.25, 0.3) is 0 Å². The van der Waals surface area contributed by atoms with Gasteiger partial charge in [-0.1, -0.05) is 35.3 Å². The first-order valence-electron chi connectivity index (χ1n) is 5.70. The summed E-state index contributed by atoms with van der Waals surface area (Å²) in [6.07, 6.45) is 0. The van der Waals surface area contributed by atoms with Crippen LogP contribution in [0.1, 0.15) is 11.6 Å². The van der Waals surface area contributed by atoms with Crippen molar-refractivity contribution in [3.63, 3.8) is 0 Å². The highest BCUT2D eigenvalue weighted by Gasteiger charge is 2.23. The molecule has 0 saturated carbocycles. The highest BCUT2D eigenvalue weighted by Crippen LogP contribution is 2.32. The quantitative estimate of drug-likeness (QED) is 0.920. The molecule has 0 amide bonds. The number of ether oxygens (including phenoxy) is 1. The van der Waals surface area contributed by atoms with Gasteiger partial charge in [0, 0.05) is 25.7 Å². The van der Waals surface area contributed by atoms with Crippen LogP contribution in [0.15, 0.2) is 18.2 Å². The van der Waals surface area contributed by atoms with Crippen LogP contribution in [0.2, 0.25) is 10.0 Å². The maximum atomic E-state index is 6.24. The first-order chi connectivity index (χ1) is 8.24. The zero-order valence-corrected chi connectivity index (χ0v) is 11.0. The van der Waals surface area contributed by atoms with Crippen molar-refractivity contribution in [1.29, 1.82) is 0 Å². The van der Waals surface area contributed by atoms with Crippen molar-refractivity contribution in [1.82, 2.24) is 4.90 Å². The van der Waals surface area contributed by atoms with E-state index < -0.39 is 0 Å². The number of hydrogen-bond acceptors (Lipinski definition) is 3. The molecule has 0 bridgehead atoms. The second-order valence-electron chi connectivity index (χ2n) is 4.04. The molecule has 2 rings (SSSR count). The predicted molar refractivity (Wildman–Crippen MR) is 70.6 cm³/mol. The van der Waals surface area contributed by atoms with Crippen molar-refractivity contribution >= 4 is 23.2 Å². The Morgan fingerprint density at radius 3 is 2.65 bits per heavy atom. The summed E-state index contributed by atoms with van der Waals surface area (Å²) in [6.45, 7) is 3.78. The van der Waals surface area contributed by atoms with E-state index >= 15 is 0 Å². The third kappa shape index (κ3) is 2.92. The zero-order chi connectivity index (χ0) is 12.3. The normalized spacial score (nSPS) is 19.2. The van der Waals surface area contributed by atoms with Gasteiger partial charge >= 0.3 is 0 Å². The summed E-state index contributed by atoms with van der Waals surface area (Å²) in [5, 5.41) is 1.19. The van der Waals surface area contributed by atoms with Gasteiger partial charge in [0.2, 0.25) is 0 Å². The van der Waals surface area contributed by atoms with Gasteiger partial charge in [-0.3, -0.25) is 4.90 Å². The number of hydrogen-bond donors (Lipinski definition) is 1.